The van der Waals surface area contributed by atoms with Gasteiger partial charge in [-0.05, 0) is 11.5 Å². The largest absolute Gasteiger partial charge is 0.335 e. The molecule has 0 unspecified atom stereocenters. The molecule has 1 aromatic carbocycles. The molecule has 0 bridgehead atoms. The SMILES string of the molecule is CCc1ncc(C(=O)N(C/C=C/c2ccccc2)CC(C)C)cn1. The number of carbonyl (C=O) groups excluding carboxylic acids is 1. The van der Waals surface area contributed by atoms with Gasteiger partial charge in [-0.25, -0.2) is 9.97 Å². The monoisotopic (exact) mass is 323 g/mol. The van der Waals surface area contributed by atoms with Crippen LogP contribution >= 0.6 is 0 Å². The molecule has 0 spiro atoms. The van der Waals surface area contributed by atoms with Crippen LogP contribution in [0.4, 0.5) is 0 Å². The molecule has 2 aromatic rings. The average Bonchev–Trinajstić information content (AvgIpc) is 2.61. The lowest BCUT2D eigenvalue weighted by Crippen LogP contribution is -2.34. The fraction of sp³-hybridized carbons (Fsp3) is 0.350. The zero-order valence-corrected chi connectivity index (χ0v) is 14.6. The molecule has 0 aliphatic rings. The van der Waals surface area contributed by atoms with Gasteiger partial charge in [0.05, 0.1) is 5.56 Å². The van der Waals surface area contributed by atoms with Gasteiger partial charge < -0.3 is 4.90 Å². The molecular weight excluding hydrogens is 298 g/mol. The third kappa shape index (κ3) is 5.30. The molecule has 126 valence electrons. The van der Waals surface area contributed by atoms with E-state index in [1.165, 1.54) is 0 Å². The molecular formula is C20H25N3O. The molecule has 1 aromatic heterocycles. The lowest BCUT2D eigenvalue weighted by Gasteiger charge is -2.23. The molecule has 0 atom stereocenters. The number of rotatable bonds is 7. The van der Waals surface area contributed by atoms with E-state index in [0.717, 1.165) is 17.8 Å². The van der Waals surface area contributed by atoms with E-state index in [9.17, 15) is 4.79 Å². The number of hydrogen-bond acceptors (Lipinski definition) is 3. The number of aryl methyl sites for hydroxylation is 1. The van der Waals surface area contributed by atoms with Crippen molar-refractivity contribution in [2.45, 2.75) is 27.2 Å². The van der Waals surface area contributed by atoms with Crippen LogP contribution in [0.25, 0.3) is 6.08 Å². The minimum Gasteiger partial charge on any atom is -0.335 e. The van der Waals surface area contributed by atoms with E-state index in [1.54, 1.807) is 12.4 Å². The van der Waals surface area contributed by atoms with E-state index in [4.69, 9.17) is 0 Å². The van der Waals surface area contributed by atoms with E-state index in [-0.39, 0.29) is 5.91 Å². The Bertz CT molecular complexity index is 663. The summed E-state index contributed by atoms with van der Waals surface area (Å²) >= 11 is 0. The summed E-state index contributed by atoms with van der Waals surface area (Å²) in [5.74, 6) is 1.13. The Hall–Kier alpha value is -2.49. The fourth-order valence-electron chi connectivity index (χ4n) is 2.39. The fourth-order valence-corrected chi connectivity index (χ4v) is 2.39. The maximum Gasteiger partial charge on any atom is 0.257 e. The maximum atomic E-state index is 12.7. The highest BCUT2D eigenvalue weighted by atomic mass is 16.2. The van der Waals surface area contributed by atoms with Gasteiger partial charge in [0.25, 0.3) is 5.91 Å². The Kier molecular flexibility index (Phi) is 6.67. The molecule has 2 rings (SSSR count). The molecule has 0 N–H and O–H groups in total. The third-order valence-corrected chi connectivity index (χ3v) is 3.58. The Labute approximate surface area is 144 Å². The quantitative estimate of drug-likeness (QED) is 0.777. The summed E-state index contributed by atoms with van der Waals surface area (Å²) in [5.41, 5.74) is 1.67. The first-order valence-corrected chi connectivity index (χ1v) is 8.42. The zero-order valence-electron chi connectivity index (χ0n) is 14.6. The van der Waals surface area contributed by atoms with Crippen molar-refractivity contribution in [3.05, 3.63) is 65.8 Å². The Morgan fingerprint density at radius 3 is 2.42 bits per heavy atom. The molecule has 0 saturated carbocycles. The van der Waals surface area contributed by atoms with Crippen molar-refractivity contribution in [3.63, 3.8) is 0 Å². The number of aromatic nitrogens is 2. The molecule has 1 amide bonds. The molecule has 0 fully saturated rings. The molecule has 0 radical (unpaired) electrons. The van der Waals surface area contributed by atoms with E-state index in [0.29, 0.717) is 24.6 Å². The lowest BCUT2D eigenvalue weighted by molar-refractivity contribution is 0.0755. The van der Waals surface area contributed by atoms with Crippen molar-refractivity contribution in [1.82, 2.24) is 14.9 Å². The van der Waals surface area contributed by atoms with Crippen LogP contribution in [-0.4, -0.2) is 33.9 Å². The predicted molar refractivity (Wildman–Crippen MR) is 97.6 cm³/mol. The van der Waals surface area contributed by atoms with E-state index >= 15 is 0 Å². The highest BCUT2D eigenvalue weighted by molar-refractivity contribution is 5.93. The Morgan fingerprint density at radius 1 is 1.17 bits per heavy atom. The highest BCUT2D eigenvalue weighted by Gasteiger charge is 2.16. The predicted octanol–water partition coefficient (Wildman–Crippen LogP) is 3.85. The summed E-state index contributed by atoms with van der Waals surface area (Å²) < 4.78 is 0. The number of nitrogens with zero attached hydrogens (tertiary/aromatic N) is 3. The summed E-state index contributed by atoms with van der Waals surface area (Å²) in [4.78, 5) is 23.0. The van der Waals surface area contributed by atoms with Crippen LogP contribution in [0.2, 0.25) is 0 Å². The smallest absolute Gasteiger partial charge is 0.257 e. The average molecular weight is 323 g/mol. The minimum atomic E-state index is -0.0240. The second-order valence-electron chi connectivity index (χ2n) is 6.16. The van der Waals surface area contributed by atoms with Gasteiger partial charge in [-0.2, -0.15) is 0 Å². The second kappa shape index (κ2) is 8.96. The van der Waals surface area contributed by atoms with E-state index in [1.807, 2.05) is 54.3 Å². The minimum absolute atomic E-state index is 0.0240. The Morgan fingerprint density at radius 2 is 1.83 bits per heavy atom. The van der Waals surface area contributed by atoms with Crippen molar-refractivity contribution in [3.8, 4) is 0 Å². The van der Waals surface area contributed by atoms with Gasteiger partial charge >= 0.3 is 0 Å². The van der Waals surface area contributed by atoms with Crippen LogP contribution in [0.15, 0.2) is 48.8 Å². The van der Waals surface area contributed by atoms with Crippen molar-refractivity contribution < 1.29 is 4.79 Å². The van der Waals surface area contributed by atoms with E-state index in [2.05, 4.69) is 23.8 Å². The van der Waals surface area contributed by atoms with Crippen LogP contribution in [0.3, 0.4) is 0 Å². The maximum absolute atomic E-state index is 12.7. The number of carbonyl (C=O) groups is 1. The lowest BCUT2D eigenvalue weighted by atomic mass is 10.1. The van der Waals surface area contributed by atoms with Crippen molar-refractivity contribution in [1.29, 1.82) is 0 Å². The van der Waals surface area contributed by atoms with Crippen LogP contribution in [-0.2, 0) is 6.42 Å². The van der Waals surface area contributed by atoms with Gasteiger partial charge in [-0.15, -0.1) is 0 Å². The number of amides is 1. The Balaban J connectivity index is 2.08. The molecule has 0 aliphatic heterocycles. The van der Waals surface area contributed by atoms with Crippen LogP contribution < -0.4 is 0 Å². The normalized spacial score (nSPS) is 11.2. The van der Waals surface area contributed by atoms with Crippen molar-refractivity contribution in [2.24, 2.45) is 5.92 Å². The molecule has 0 aliphatic carbocycles. The van der Waals surface area contributed by atoms with Gasteiger partial charge in [0.15, 0.2) is 0 Å². The first kappa shape index (κ1) is 17.9. The van der Waals surface area contributed by atoms with Crippen molar-refractivity contribution >= 4 is 12.0 Å². The van der Waals surface area contributed by atoms with Crippen LogP contribution in [0.5, 0.6) is 0 Å². The first-order valence-electron chi connectivity index (χ1n) is 8.42. The van der Waals surface area contributed by atoms with Gasteiger partial charge in [0.1, 0.15) is 5.82 Å². The third-order valence-electron chi connectivity index (χ3n) is 3.58. The standard InChI is InChI=1S/C20H25N3O/c1-4-19-21-13-18(14-22-19)20(24)23(15-16(2)3)12-8-11-17-9-6-5-7-10-17/h5-11,13-14,16H,4,12,15H2,1-3H3/b11-8+. The summed E-state index contributed by atoms with van der Waals surface area (Å²) in [6.45, 7) is 7.49. The van der Waals surface area contributed by atoms with Crippen molar-refractivity contribution in [2.75, 3.05) is 13.1 Å². The van der Waals surface area contributed by atoms with Gasteiger partial charge in [-0.3, -0.25) is 4.79 Å². The van der Waals surface area contributed by atoms with Gasteiger partial charge in [-0.1, -0.05) is 63.3 Å². The highest BCUT2D eigenvalue weighted by Crippen LogP contribution is 2.08. The van der Waals surface area contributed by atoms with Crippen LogP contribution in [0, 0.1) is 5.92 Å². The number of benzene rings is 1. The zero-order chi connectivity index (χ0) is 17.4. The van der Waals surface area contributed by atoms with E-state index < -0.39 is 0 Å². The molecule has 4 nitrogen and oxygen atoms in total. The summed E-state index contributed by atoms with van der Waals surface area (Å²) in [6.07, 6.45) is 8.09. The van der Waals surface area contributed by atoms with Gasteiger partial charge in [0, 0.05) is 31.9 Å². The molecule has 1 heterocycles. The first-order chi connectivity index (χ1) is 11.6. The summed E-state index contributed by atoms with van der Waals surface area (Å²) in [7, 11) is 0. The van der Waals surface area contributed by atoms with Crippen LogP contribution in [0.1, 0.15) is 42.5 Å². The summed E-state index contributed by atoms with van der Waals surface area (Å²) in [6, 6.07) is 10.1. The summed E-state index contributed by atoms with van der Waals surface area (Å²) in [5, 5.41) is 0. The van der Waals surface area contributed by atoms with Gasteiger partial charge in [0.2, 0.25) is 0 Å². The molecule has 0 saturated heterocycles. The second-order valence-corrected chi connectivity index (χ2v) is 6.16. The number of hydrogen-bond donors (Lipinski definition) is 0. The molecule has 24 heavy (non-hydrogen) atoms. The topological polar surface area (TPSA) is 46.1 Å². The molecule has 4 heteroatoms.